The lowest BCUT2D eigenvalue weighted by molar-refractivity contribution is 0.585. The molecule has 0 bridgehead atoms. The maximum Gasteiger partial charge on any atom is 0.0803 e. The van der Waals surface area contributed by atoms with Crippen molar-refractivity contribution < 1.29 is 0 Å². The van der Waals surface area contributed by atoms with E-state index in [2.05, 4.69) is 97.1 Å². The molecule has 0 nitrogen and oxygen atoms in total. The average molecular weight is 400 g/mol. The number of rotatable bonds is 2. The molecule has 0 saturated heterocycles. The molecule has 29 heavy (non-hydrogen) atoms. The van der Waals surface area contributed by atoms with Crippen LogP contribution in [-0.4, -0.2) is 8.80 Å². The molecule has 151 valence electrons. The van der Waals surface area contributed by atoms with E-state index >= 15 is 0 Å². The van der Waals surface area contributed by atoms with Crippen LogP contribution in [0.2, 0.25) is 13.1 Å². The number of hydrogen-bond acceptors (Lipinski definition) is 0. The maximum absolute atomic E-state index is 2.56. The van der Waals surface area contributed by atoms with Crippen LogP contribution in [-0.2, 0) is 17.3 Å². The van der Waals surface area contributed by atoms with Crippen LogP contribution in [0.5, 0.6) is 0 Å². The molecule has 2 aliphatic rings. The second-order valence-electron chi connectivity index (χ2n) is 11.0. The molecule has 0 aliphatic heterocycles. The zero-order valence-corrected chi connectivity index (χ0v) is 20.5. The van der Waals surface area contributed by atoms with Crippen LogP contribution in [0.1, 0.15) is 75.8 Å². The summed E-state index contributed by atoms with van der Waals surface area (Å²) in [6.07, 6.45) is 9.08. The highest BCUT2D eigenvalue weighted by Crippen LogP contribution is 2.46. The van der Waals surface area contributed by atoms with Gasteiger partial charge < -0.3 is 0 Å². The van der Waals surface area contributed by atoms with Crippen LogP contribution in [0.15, 0.2) is 42.5 Å². The van der Waals surface area contributed by atoms with Crippen molar-refractivity contribution in [3.63, 3.8) is 0 Å². The monoisotopic (exact) mass is 399 g/mol. The lowest BCUT2D eigenvalue weighted by Crippen LogP contribution is -2.36. The fraction of sp³-hybridized carbons (Fsp3) is 0.429. The third-order valence-electron chi connectivity index (χ3n) is 6.46. The summed E-state index contributed by atoms with van der Waals surface area (Å²) in [5, 5.41) is 1.67. The Kier molecular flexibility index (Phi) is 4.81. The van der Waals surface area contributed by atoms with E-state index < -0.39 is 8.80 Å². The maximum atomic E-state index is 2.56. The van der Waals surface area contributed by atoms with Crippen molar-refractivity contribution in [3.8, 4) is 11.1 Å². The molecule has 0 N–H and O–H groups in total. The summed E-state index contributed by atoms with van der Waals surface area (Å²) in [7, 11) is -0.605. The zero-order valence-electron chi connectivity index (χ0n) is 19.5. The SMILES string of the molecule is C[Si](C)c1c(C(C)(C)C)cc2c(c1C1=CC=CC1)Cc1c-2cccc1C(C)(C)C. The molecule has 0 atom stereocenters. The first-order valence-electron chi connectivity index (χ1n) is 11.0. The molecule has 0 heterocycles. The van der Waals surface area contributed by atoms with Crippen LogP contribution < -0.4 is 5.19 Å². The van der Waals surface area contributed by atoms with Crippen molar-refractivity contribution in [3.05, 3.63) is 70.3 Å². The van der Waals surface area contributed by atoms with E-state index in [4.69, 9.17) is 0 Å². The normalized spacial score (nSPS) is 15.7. The Morgan fingerprint density at radius 3 is 2.07 bits per heavy atom. The van der Waals surface area contributed by atoms with Gasteiger partial charge in [-0.3, -0.25) is 0 Å². The predicted octanol–water partition coefficient (Wildman–Crippen LogP) is 7.16. The lowest BCUT2D eigenvalue weighted by Gasteiger charge is -2.30. The Morgan fingerprint density at radius 1 is 0.828 bits per heavy atom. The van der Waals surface area contributed by atoms with Gasteiger partial charge in [-0.25, -0.2) is 0 Å². The van der Waals surface area contributed by atoms with Gasteiger partial charge in [-0.05, 0) is 68.2 Å². The minimum absolute atomic E-state index is 0.151. The zero-order chi connectivity index (χ0) is 21.1. The lowest BCUT2D eigenvalue weighted by atomic mass is 9.81. The van der Waals surface area contributed by atoms with Crippen LogP contribution in [0.25, 0.3) is 16.7 Å². The first-order chi connectivity index (χ1) is 13.5. The van der Waals surface area contributed by atoms with E-state index in [1.807, 2.05) is 0 Å². The molecule has 0 unspecified atom stereocenters. The molecule has 2 aliphatic carbocycles. The van der Waals surface area contributed by atoms with Crippen molar-refractivity contribution in [1.82, 2.24) is 0 Å². The van der Waals surface area contributed by atoms with Gasteiger partial charge in [0.2, 0.25) is 0 Å². The molecule has 0 saturated carbocycles. The van der Waals surface area contributed by atoms with E-state index in [0.29, 0.717) is 0 Å². The standard InChI is InChI=1S/C28H35Si/c1-27(2,3)23-15-11-14-19-20-17-24(28(4,5)6)26(29(7)8)25(18-12-9-10-13-18)22(20)16-21(19)23/h9-12,14-15,17H,13,16H2,1-8H3. The molecule has 0 spiro atoms. The summed E-state index contributed by atoms with van der Waals surface area (Å²) < 4.78 is 0. The van der Waals surface area contributed by atoms with E-state index in [9.17, 15) is 0 Å². The fourth-order valence-corrected chi connectivity index (χ4v) is 6.95. The van der Waals surface area contributed by atoms with Gasteiger partial charge in [-0.1, -0.05) is 102 Å². The Balaban J connectivity index is 2.07. The van der Waals surface area contributed by atoms with E-state index in [1.54, 1.807) is 27.4 Å². The van der Waals surface area contributed by atoms with Gasteiger partial charge in [-0.2, -0.15) is 0 Å². The molecule has 1 radical (unpaired) electrons. The fourth-order valence-electron chi connectivity index (χ4n) is 5.15. The summed E-state index contributed by atoms with van der Waals surface area (Å²) in [4.78, 5) is 0. The van der Waals surface area contributed by atoms with Crippen molar-refractivity contribution in [1.29, 1.82) is 0 Å². The molecule has 4 rings (SSSR count). The van der Waals surface area contributed by atoms with E-state index in [1.165, 1.54) is 22.3 Å². The summed E-state index contributed by atoms with van der Waals surface area (Å²) >= 11 is 0. The highest BCUT2D eigenvalue weighted by molar-refractivity contribution is 6.72. The summed E-state index contributed by atoms with van der Waals surface area (Å²) in [5.41, 5.74) is 12.6. The van der Waals surface area contributed by atoms with Gasteiger partial charge in [0, 0.05) is 0 Å². The first kappa shape index (κ1) is 20.4. The second-order valence-corrected chi connectivity index (χ2v) is 13.5. The van der Waals surface area contributed by atoms with Crippen LogP contribution in [0.3, 0.4) is 0 Å². The number of hydrogen-bond donors (Lipinski definition) is 0. The predicted molar refractivity (Wildman–Crippen MR) is 131 cm³/mol. The minimum Gasteiger partial charge on any atom is -0.0801 e. The Bertz CT molecular complexity index is 1030. The third-order valence-corrected chi connectivity index (χ3v) is 7.98. The molecular formula is C28H35Si. The Morgan fingerprint density at radius 2 is 1.52 bits per heavy atom. The summed E-state index contributed by atoms with van der Waals surface area (Å²) in [6.45, 7) is 19.1. The largest absolute Gasteiger partial charge is 0.0803 e. The van der Waals surface area contributed by atoms with Crippen LogP contribution in [0.4, 0.5) is 0 Å². The number of benzene rings is 2. The Hall–Kier alpha value is -1.86. The van der Waals surface area contributed by atoms with Gasteiger partial charge in [0.1, 0.15) is 0 Å². The third kappa shape index (κ3) is 3.38. The molecule has 0 fully saturated rings. The smallest absolute Gasteiger partial charge is 0.0801 e. The molecule has 1 heteroatoms. The molecule has 0 aromatic heterocycles. The van der Waals surface area contributed by atoms with Crippen molar-refractivity contribution in [2.24, 2.45) is 0 Å². The minimum atomic E-state index is -0.605. The highest BCUT2D eigenvalue weighted by atomic mass is 28.3. The van der Waals surface area contributed by atoms with Crippen LogP contribution in [0, 0.1) is 0 Å². The van der Waals surface area contributed by atoms with E-state index in [-0.39, 0.29) is 10.8 Å². The van der Waals surface area contributed by atoms with Crippen molar-refractivity contribution >= 4 is 19.6 Å². The number of fused-ring (bicyclic) bond motifs is 3. The molecule has 2 aromatic rings. The van der Waals surface area contributed by atoms with Crippen LogP contribution >= 0.6 is 0 Å². The van der Waals surface area contributed by atoms with Crippen molar-refractivity contribution in [2.75, 3.05) is 0 Å². The van der Waals surface area contributed by atoms with E-state index in [0.717, 1.165) is 12.8 Å². The average Bonchev–Trinajstić information content (AvgIpc) is 3.25. The molecular weight excluding hydrogens is 364 g/mol. The van der Waals surface area contributed by atoms with Gasteiger partial charge >= 0.3 is 0 Å². The molecule has 0 amide bonds. The quantitative estimate of drug-likeness (QED) is 0.401. The van der Waals surface area contributed by atoms with Gasteiger partial charge in [0.25, 0.3) is 0 Å². The van der Waals surface area contributed by atoms with Crippen molar-refractivity contribution in [2.45, 2.75) is 78.3 Å². The number of allylic oxidation sites excluding steroid dienone is 4. The Labute approximate surface area is 179 Å². The topological polar surface area (TPSA) is 0 Å². The highest BCUT2D eigenvalue weighted by Gasteiger charge is 2.33. The van der Waals surface area contributed by atoms with Gasteiger partial charge in [-0.15, -0.1) is 0 Å². The molecule has 2 aromatic carbocycles. The summed E-state index contributed by atoms with van der Waals surface area (Å²) in [6, 6.07) is 9.54. The van der Waals surface area contributed by atoms with Gasteiger partial charge in [0.05, 0.1) is 8.80 Å². The first-order valence-corrected chi connectivity index (χ1v) is 13.5. The summed E-state index contributed by atoms with van der Waals surface area (Å²) in [5.74, 6) is 0. The van der Waals surface area contributed by atoms with Gasteiger partial charge in [0.15, 0.2) is 0 Å². The second kappa shape index (κ2) is 6.84.